The SMILES string of the molecule is CC1CN(CC(=O)NCCc2ccc(F)cc2)CCC1O. The number of aliphatic hydroxyl groups excluding tert-OH is 1. The van der Waals surface area contributed by atoms with Gasteiger partial charge in [0.2, 0.25) is 5.91 Å². The Hall–Kier alpha value is -1.46. The molecule has 21 heavy (non-hydrogen) atoms. The summed E-state index contributed by atoms with van der Waals surface area (Å²) in [6.45, 7) is 4.45. The maximum absolute atomic E-state index is 12.8. The van der Waals surface area contributed by atoms with Gasteiger partial charge in [0.05, 0.1) is 12.6 Å². The van der Waals surface area contributed by atoms with Gasteiger partial charge >= 0.3 is 0 Å². The van der Waals surface area contributed by atoms with E-state index < -0.39 is 0 Å². The maximum Gasteiger partial charge on any atom is 0.234 e. The molecule has 2 rings (SSSR count). The van der Waals surface area contributed by atoms with Crippen LogP contribution in [0.4, 0.5) is 4.39 Å². The van der Waals surface area contributed by atoms with E-state index in [1.807, 2.05) is 6.92 Å². The Morgan fingerprint density at radius 3 is 2.81 bits per heavy atom. The summed E-state index contributed by atoms with van der Waals surface area (Å²) < 4.78 is 12.8. The van der Waals surface area contributed by atoms with E-state index in [2.05, 4.69) is 10.2 Å². The molecule has 1 aliphatic heterocycles. The summed E-state index contributed by atoms with van der Waals surface area (Å²) >= 11 is 0. The van der Waals surface area contributed by atoms with E-state index in [1.54, 1.807) is 12.1 Å². The average molecular weight is 294 g/mol. The van der Waals surface area contributed by atoms with Gasteiger partial charge < -0.3 is 10.4 Å². The molecule has 1 saturated heterocycles. The Morgan fingerprint density at radius 1 is 1.43 bits per heavy atom. The van der Waals surface area contributed by atoms with E-state index in [1.165, 1.54) is 12.1 Å². The smallest absolute Gasteiger partial charge is 0.234 e. The summed E-state index contributed by atoms with van der Waals surface area (Å²) in [4.78, 5) is 13.9. The van der Waals surface area contributed by atoms with Gasteiger partial charge in [0.1, 0.15) is 5.82 Å². The summed E-state index contributed by atoms with van der Waals surface area (Å²) in [5, 5.41) is 12.5. The molecule has 0 saturated carbocycles. The highest BCUT2D eigenvalue weighted by Gasteiger charge is 2.25. The predicted octanol–water partition coefficient (Wildman–Crippen LogP) is 1.19. The Morgan fingerprint density at radius 2 is 2.14 bits per heavy atom. The lowest BCUT2D eigenvalue weighted by molar-refractivity contribution is -0.123. The molecule has 0 spiro atoms. The van der Waals surface area contributed by atoms with Crippen molar-refractivity contribution in [1.29, 1.82) is 0 Å². The van der Waals surface area contributed by atoms with Crippen molar-refractivity contribution in [3.8, 4) is 0 Å². The summed E-state index contributed by atoms with van der Waals surface area (Å²) in [6, 6.07) is 6.32. The van der Waals surface area contributed by atoms with Crippen molar-refractivity contribution in [2.24, 2.45) is 5.92 Å². The first kappa shape index (κ1) is 15.9. The number of carbonyl (C=O) groups excluding carboxylic acids is 1. The second-order valence-electron chi connectivity index (χ2n) is 5.79. The molecular formula is C16H23FN2O2. The van der Waals surface area contributed by atoms with Crippen LogP contribution in [0.25, 0.3) is 0 Å². The first-order chi connectivity index (χ1) is 10.0. The molecule has 1 aromatic rings. The molecule has 1 amide bonds. The molecule has 1 aromatic carbocycles. The first-order valence-corrected chi connectivity index (χ1v) is 7.46. The van der Waals surface area contributed by atoms with Gasteiger partial charge in [-0.25, -0.2) is 4.39 Å². The highest BCUT2D eigenvalue weighted by Crippen LogP contribution is 2.15. The quantitative estimate of drug-likeness (QED) is 0.857. The molecule has 1 heterocycles. The van der Waals surface area contributed by atoms with E-state index in [-0.39, 0.29) is 23.7 Å². The van der Waals surface area contributed by atoms with Crippen molar-refractivity contribution in [3.63, 3.8) is 0 Å². The number of carbonyl (C=O) groups is 1. The van der Waals surface area contributed by atoms with E-state index in [9.17, 15) is 14.3 Å². The fourth-order valence-electron chi connectivity index (χ4n) is 2.62. The van der Waals surface area contributed by atoms with Crippen molar-refractivity contribution in [2.45, 2.75) is 25.9 Å². The predicted molar refractivity (Wildman–Crippen MR) is 79.3 cm³/mol. The van der Waals surface area contributed by atoms with E-state index in [0.717, 1.165) is 25.1 Å². The molecule has 5 heteroatoms. The minimum absolute atomic E-state index is 0.000650. The number of aliphatic hydroxyl groups is 1. The van der Waals surface area contributed by atoms with Gasteiger partial charge in [-0.1, -0.05) is 19.1 Å². The molecule has 0 aromatic heterocycles. The maximum atomic E-state index is 12.8. The second-order valence-corrected chi connectivity index (χ2v) is 5.79. The van der Waals surface area contributed by atoms with Gasteiger partial charge in [0, 0.05) is 19.6 Å². The number of nitrogens with one attached hydrogen (secondary N) is 1. The number of halogens is 1. The van der Waals surface area contributed by atoms with Gasteiger partial charge in [-0.05, 0) is 36.5 Å². The number of likely N-dealkylation sites (tertiary alicyclic amines) is 1. The van der Waals surface area contributed by atoms with Crippen LogP contribution in [0.3, 0.4) is 0 Å². The number of benzene rings is 1. The Labute approximate surface area is 125 Å². The normalized spacial score (nSPS) is 23.0. The fraction of sp³-hybridized carbons (Fsp3) is 0.562. The molecule has 116 valence electrons. The number of amides is 1. The van der Waals surface area contributed by atoms with Crippen LogP contribution in [0, 0.1) is 11.7 Å². The van der Waals surface area contributed by atoms with Crippen LogP contribution in [-0.4, -0.2) is 48.2 Å². The monoisotopic (exact) mass is 294 g/mol. The van der Waals surface area contributed by atoms with Gasteiger partial charge in [-0.2, -0.15) is 0 Å². The third-order valence-corrected chi connectivity index (χ3v) is 3.96. The highest BCUT2D eigenvalue weighted by atomic mass is 19.1. The van der Waals surface area contributed by atoms with Crippen molar-refractivity contribution < 1.29 is 14.3 Å². The van der Waals surface area contributed by atoms with Crippen LogP contribution in [0.1, 0.15) is 18.9 Å². The third-order valence-electron chi connectivity index (χ3n) is 3.96. The number of rotatable bonds is 5. The first-order valence-electron chi connectivity index (χ1n) is 7.46. The third kappa shape index (κ3) is 5.10. The molecule has 0 radical (unpaired) electrons. The molecule has 0 aliphatic carbocycles. The van der Waals surface area contributed by atoms with Crippen LogP contribution in [0.5, 0.6) is 0 Å². The van der Waals surface area contributed by atoms with Crippen LogP contribution in [0.2, 0.25) is 0 Å². The molecule has 1 fully saturated rings. The van der Waals surface area contributed by atoms with Crippen molar-refractivity contribution >= 4 is 5.91 Å². The average Bonchev–Trinajstić information content (AvgIpc) is 2.45. The largest absolute Gasteiger partial charge is 0.393 e. The second kappa shape index (κ2) is 7.52. The van der Waals surface area contributed by atoms with Crippen molar-refractivity contribution in [3.05, 3.63) is 35.6 Å². The number of hydrogen-bond donors (Lipinski definition) is 2. The van der Waals surface area contributed by atoms with Crippen LogP contribution < -0.4 is 5.32 Å². The summed E-state index contributed by atoms with van der Waals surface area (Å²) in [6.07, 6.45) is 1.17. The Kier molecular flexibility index (Phi) is 5.70. The molecule has 0 bridgehead atoms. The zero-order valence-electron chi connectivity index (χ0n) is 12.4. The van der Waals surface area contributed by atoms with Gasteiger partial charge in [-0.3, -0.25) is 9.69 Å². The molecule has 2 unspecified atom stereocenters. The summed E-state index contributed by atoms with van der Waals surface area (Å²) in [5.74, 6) is -0.0318. The number of nitrogens with zero attached hydrogens (tertiary/aromatic N) is 1. The lowest BCUT2D eigenvalue weighted by Crippen LogP contribution is -2.46. The highest BCUT2D eigenvalue weighted by molar-refractivity contribution is 5.78. The molecule has 1 aliphatic rings. The lowest BCUT2D eigenvalue weighted by Gasteiger charge is -2.33. The Balaban J connectivity index is 1.67. The lowest BCUT2D eigenvalue weighted by atomic mass is 9.97. The topological polar surface area (TPSA) is 52.6 Å². The van der Waals surface area contributed by atoms with Gasteiger partial charge in [0.15, 0.2) is 0 Å². The van der Waals surface area contributed by atoms with Crippen molar-refractivity contribution in [1.82, 2.24) is 10.2 Å². The minimum Gasteiger partial charge on any atom is -0.393 e. The fourth-order valence-corrected chi connectivity index (χ4v) is 2.62. The minimum atomic E-state index is -0.247. The number of piperidine rings is 1. The zero-order valence-corrected chi connectivity index (χ0v) is 12.4. The van der Waals surface area contributed by atoms with E-state index >= 15 is 0 Å². The number of hydrogen-bond acceptors (Lipinski definition) is 3. The van der Waals surface area contributed by atoms with Crippen LogP contribution in [-0.2, 0) is 11.2 Å². The van der Waals surface area contributed by atoms with Gasteiger partial charge in [0.25, 0.3) is 0 Å². The molecule has 2 N–H and O–H groups in total. The molecule has 4 nitrogen and oxygen atoms in total. The Bertz CT molecular complexity index is 464. The molecule has 2 atom stereocenters. The van der Waals surface area contributed by atoms with Gasteiger partial charge in [-0.15, -0.1) is 0 Å². The van der Waals surface area contributed by atoms with Crippen LogP contribution in [0.15, 0.2) is 24.3 Å². The van der Waals surface area contributed by atoms with E-state index in [0.29, 0.717) is 19.5 Å². The van der Waals surface area contributed by atoms with Crippen molar-refractivity contribution in [2.75, 3.05) is 26.2 Å². The van der Waals surface area contributed by atoms with Crippen LogP contribution >= 0.6 is 0 Å². The zero-order chi connectivity index (χ0) is 15.2. The summed E-state index contributed by atoms with van der Waals surface area (Å²) in [7, 11) is 0. The standard InChI is InChI=1S/C16H23FN2O2/c1-12-10-19(9-7-15(12)20)11-16(21)18-8-6-13-2-4-14(17)5-3-13/h2-5,12,15,20H,6-11H2,1H3,(H,18,21). The van der Waals surface area contributed by atoms with E-state index in [4.69, 9.17) is 0 Å². The summed E-state index contributed by atoms with van der Waals surface area (Å²) in [5.41, 5.74) is 1.01. The molecular weight excluding hydrogens is 271 g/mol.